The summed E-state index contributed by atoms with van der Waals surface area (Å²) >= 11 is 0. The largest absolute Gasteiger partial charge is 0.0693 e. The molecule has 0 rings (SSSR count). The summed E-state index contributed by atoms with van der Waals surface area (Å²) in [4.78, 5) is 0. The molecule has 0 aliphatic rings. The Labute approximate surface area is 98.9 Å². The van der Waals surface area contributed by atoms with Crippen molar-refractivity contribution < 1.29 is 0 Å². The monoisotopic (exact) mass is 228 g/mol. The van der Waals surface area contributed by atoms with Crippen LogP contribution in [0, 0.1) is 0 Å². The van der Waals surface area contributed by atoms with Crippen LogP contribution < -0.4 is 0 Å². The second-order valence-corrected chi connectivity index (χ2v) is 11.6. The van der Waals surface area contributed by atoms with E-state index in [1.165, 1.54) is 51.4 Å². The highest BCUT2D eigenvalue weighted by Gasteiger charge is 2.23. The molecule has 0 aromatic heterocycles. The number of unbranched alkanes of at least 4 members (excludes halogenated alkanes) is 5. The van der Waals surface area contributed by atoms with Crippen LogP contribution in [0.25, 0.3) is 0 Å². The van der Waals surface area contributed by atoms with E-state index in [0.29, 0.717) is 0 Å². The fourth-order valence-corrected chi connectivity index (χ4v) is 4.72. The third-order valence-corrected chi connectivity index (χ3v) is 6.77. The lowest BCUT2D eigenvalue weighted by atomic mass is 10.1. The Hall–Kier alpha value is 0.217. The Kier molecular flexibility index (Phi) is 8.50. The molecule has 0 aromatic carbocycles. The minimum absolute atomic E-state index is 0.862. The smallest absolute Gasteiger partial charge is 0.0473 e. The van der Waals surface area contributed by atoms with Gasteiger partial charge in [-0.05, 0) is 5.54 Å². The van der Waals surface area contributed by atoms with Gasteiger partial charge in [0.2, 0.25) is 0 Å². The van der Waals surface area contributed by atoms with E-state index in [9.17, 15) is 0 Å². The molecular weight excluding hydrogens is 196 g/mol. The number of hydrogen-bond donors (Lipinski definition) is 0. The number of rotatable bonds is 9. The lowest BCUT2D eigenvalue weighted by Gasteiger charge is -2.27. The van der Waals surface area contributed by atoms with Gasteiger partial charge in [0.05, 0.1) is 0 Å². The summed E-state index contributed by atoms with van der Waals surface area (Å²) in [5.41, 5.74) is 1.06. The first-order valence-electron chi connectivity index (χ1n) is 7.02. The van der Waals surface area contributed by atoms with E-state index >= 15 is 0 Å². The van der Waals surface area contributed by atoms with Crippen LogP contribution >= 0.6 is 0 Å². The van der Waals surface area contributed by atoms with E-state index in [0.717, 1.165) is 5.54 Å². The molecule has 0 saturated carbocycles. The summed E-state index contributed by atoms with van der Waals surface area (Å²) in [5.74, 6) is 0. The molecule has 0 bridgehead atoms. The fraction of sp³-hybridized carbons (Fsp3) is 1.00. The Morgan fingerprint density at radius 3 is 1.80 bits per heavy atom. The zero-order chi connectivity index (χ0) is 11.7. The summed E-state index contributed by atoms with van der Waals surface area (Å²) in [7, 11) is -0.862. The zero-order valence-corrected chi connectivity index (χ0v) is 12.7. The molecule has 0 aromatic rings. The fourth-order valence-electron chi connectivity index (χ4n) is 2.42. The molecule has 15 heavy (non-hydrogen) atoms. The molecule has 0 aliphatic heterocycles. The molecule has 1 unspecified atom stereocenters. The molecule has 0 N–H and O–H groups in total. The van der Waals surface area contributed by atoms with Crippen molar-refractivity contribution in [1.29, 1.82) is 0 Å². The molecule has 0 radical (unpaired) electrons. The molecule has 0 saturated heterocycles. The van der Waals surface area contributed by atoms with Crippen molar-refractivity contribution in [3.8, 4) is 0 Å². The maximum Gasteiger partial charge on any atom is 0.0473 e. The van der Waals surface area contributed by atoms with E-state index in [4.69, 9.17) is 0 Å². The zero-order valence-electron chi connectivity index (χ0n) is 11.7. The lowest BCUT2D eigenvalue weighted by Crippen LogP contribution is -2.27. The van der Waals surface area contributed by atoms with Crippen LogP contribution in [0.5, 0.6) is 0 Å². The second kappa shape index (κ2) is 8.38. The van der Waals surface area contributed by atoms with Gasteiger partial charge in [-0.3, -0.25) is 0 Å². The molecule has 1 heteroatoms. The third kappa shape index (κ3) is 8.07. The highest BCUT2D eigenvalue weighted by atomic mass is 28.3. The van der Waals surface area contributed by atoms with Gasteiger partial charge in [0, 0.05) is 8.07 Å². The van der Waals surface area contributed by atoms with E-state index in [1.807, 2.05) is 0 Å². The molecule has 0 nitrogen and oxygen atoms in total. The first-order valence-corrected chi connectivity index (χ1v) is 10.6. The maximum atomic E-state index is 2.53. The highest BCUT2D eigenvalue weighted by Crippen LogP contribution is 2.30. The van der Waals surface area contributed by atoms with Crippen LogP contribution in [0.4, 0.5) is 0 Å². The Morgan fingerprint density at radius 1 is 0.800 bits per heavy atom. The first-order chi connectivity index (χ1) is 7.02. The highest BCUT2D eigenvalue weighted by molar-refractivity contribution is 6.77. The topological polar surface area (TPSA) is 0 Å². The molecule has 0 heterocycles. The minimum Gasteiger partial charge on any atom is -0.0693 e. The van der Waals surface area contributed by atoms with Crippen molar-refractivity contribution in [3.63, 3.8) is 0 Å². The van der Waals surface area contributed by atoms with Gasteiger partial charge in [-0.15, -0.1) is 0 Å². The normalized spacial score (nSPS) is 14.2. The Bertz CT molecular complexity index is 135. The summed E-state index contributed by atoms with van der Waals surface area (Å²) in [6, 6.07) is 0. The maximum absolute atomic E-state index is 2.53. The summed E-state index contributed by atoms with van der Waals surface area (Å²) in [6.45, 7) is 12.2. The van der Waals surface area contributed by atoms with Crippen LogP contribution in [-0.4, -0.2) is 8.07 Å². The average molecular weight is 228 g/mol. The van der Waals surface area contributed by atoms with Crippen LogP contribution in [-0.2, 0) is 0 Å². The van der Waals surface area contributed by atoms with Gasteiger partial charge in [0.1, 0.15) is 0 Å². The van der Waals surface area contributed by atoms with Crippen LogP contribution in [0.1, 0.15) is 65.2 Å². The van der Waals surface area contributed by atoms with Gasteiger partial charge in [-0.2, -0.15) is 0 Å². The summed E-state index contributed by atoms with van der Waals surface area (Å²) in [5, 5.41) is 0. The van der Waals surface area contributed by atoms with Gasteiger partial charge in [0.25, 0.3) is 0 Å². The van der Waals surface area contributed by atoms with Crippen molar-refractivity contribution in [1.82, 2.24) is 0 Å². The lowest BCUT2D eigenvalue weighted by molar-refractivity contribution is 0.565. The van der Waals surface area contributed by atoms with Gasteiger partial charge < -0.3 is 0 Å². The molecule has 0 amide bonds. The molecule has 0 aliphatic carbocycles. The molecule has 1 atom stereocenters. The molecular formula is C14H32Si. The van der Waals surface area contributed by atoms with Crippen LogP contribution in [0.2, 0.25) is 25.2 Å². The van der Waals surface area contributed by atoms with Crippen molar-refractivity contribution in [2.24, 2.45) is 0 Å². The van der Waals surface area contributed by atoms with Crippen LogP contribution in [0.3, 0.4) is 0 Å². The van der Waals surface area contributed by atoms with E-state index < -0.39 is 8.07 Å². The summed E-state index contributed by atoms with van der Waals surface area (Å²) in [6.07, 6.45) is 11.6. The van der Waals surface area contributed by atoms with Crippen LogP contribution in [0.15, 0.2) is 0 Å². The van der Waals surface area contributed by atoms with Gasteiger partial charge in [0.15, 0.2) is 0 Å². The quantitative estimate of drug-likeness (QED) is 0.343. The Balaban J connectivity index is 3.48. The van der Waals surface area contributed by atoms with E-state index in [1.54, 1.807) is 0 Å². The third-order valence-electron chi connectivity index (χ3n) is 3.62. The van der Waals surface area contributed by atoms with E-state index in [-0.39, 0.29) is 0 Å². The van der Waals surface area contributed by atoms with Crippen molar-refractivity contribution in [2.45, 2.75) is 90.4 Å². The average Bonchev–Trinajstić information content (AvgIpc) is 2.15. The van der Waals surface area contributed by atoms with E-state index in [2.05, 4.69) is 33.5 Å². The molecule has 92 valence electrons. The van der Waals surface area contributed by atoms with Gasteiger partial charge in [-0.1, -0.05) is 84.9 Å². The second-order valence-electron chi connectivity index (χ2n) is 6.03. The van der Waals surface area contributed by atoms with Gasteiger partial charge in [-0.25, -0.2) is 0 Å². The SMILES string of the molecule is CCCCCCCCC(CC)[Si](C)(C)C. The van der Waals surface area contributed by atoms with Crippen molar-refractivity contribution in [3.05, 3.63) is 0 Å². The predicted octanol–water partition coefficient (Wildman–Crippen LogP) is 5.86. The first kappa shape index (κ1) is 15.2. The van der Waals surface area contributed by atoms with Crippen molar-refractivity contribution >= 4 is 8.07 Å². The minimum atomic E-state index is -0.862. The molecule has 0 fully saturated rings. The van der Waals surface area contributed by atoms with Gasteiger partial charge >= 0.3 is 0 Å². The number of hydrogen-bond acceptors (Lipinski definition) is 0. The Morgan fingerprint density at radius 2 is 1.33 bits per heavy atom. The van der Waals surface area contributed by atoms with Crippen molar-refractivity contribution in [2.75, 3.05) is 0 Å². The standard InChI is InChI=1S/C14H32Si/c1-6-8-9-10-11-12-13-14(7-2)15(3,4)5/h14H,6-13H2,1-5H3. The molecule has 0 spiro atoms. The predicted molar refractivity (Wildman–Crippen MR) is 75.4 cm³/mol. The summed E-state index contributed by atoms with van der Waals surface area (Å²) < 4.78 is 0.